The zero-order valence-corrected chi connectivity index (χ0v) is 18.8. The Balaban J connectivity index is 1.25. The number of rotatable bonds is 7. The molecule has 0 aliphatic carbocycles. The summed E-state index contributed by atoms with van der Waals surface area (Å²) in [7, 11) is -3.82. The van der Waals surface area contributed by atoms with Crippen molar-refractivity contribution in [1.29, 1.82) is 0 Å². The van der Waals surface area contributed by atoms with Crippen molar-refractivity contribution in [3.8, 4) is 23.0 Å². The second-order valence-electron chi connectivity index (χ2n) is 7.62. The number of imidazole rings is 1. The molecule has 3 aromatic carbocycles. The van der Waals surface area contributed by atoms with Crippen LogP contribution in [0.15, 0.2) is 94.7 Å². The SMILES string of the molecule is O=S(=O)(Nc1ccc(Cn2cnc(-c3nc(-c4ccc(F)cc4)no3)c2)cc1)c1ccc(F)cc1. The number of sulfonamides is 1. The zero-order chi connectivity index (χ0) is 24.4. The second-order valence-corrected chi connectivity index (χ2v) is 9.30. The number of nitrogens with zero attached hydrogens (tertiary/aromatic N) is 4. The third kappa shape index (κ3) is 5.09. The van der Waals surface area contributed by atoms with Crippen LogP contribution < -0.4 is 4.72 Å². The van der Waals surface area contributed by atoms with Crippen LogP contribution in [0.2, 0.25) is 0 Å². The van der Waals surface area contributed by atoms with Crippen LogP contribution in [-0.4, -0.2) is 28.1 Å². The number of nitrogens with one attached hydrogen (secondary N) is 1. The van der Waals surface area contributed by atoms with E-state index in [2.05, 4.69) is 19.8 Å². The fourth-order valence-corrected chi connectivity index (χ4v) is 4.38. The third-order valence-corrected chi connectivity index (χ3v) is 6.47. The molecule has 8 nitrogen and oxygen atoms in total. The summed E-state index contributed by atoms with van der Waals surface area (Å²) >= 11 is 0. The highest BCUT2D eigenvalue weighted by Gasteiger charge is 2.15. The van der Waals surface area contributed by atoms with E-state index in [1.54, 1.807) is 48.9 Å². The van der Waals surface area contributed by atoms with E-state index >= 15 is 0 Å². The maximum atomic E-state index is 13.1. The minimum atomic E-state index is -3.82. The van der Waals surface area contributed by atoms with E-state index in [-0.39, 0.29) is 16.6 Å². The van der Waals surface area contributed by atoms with E-state index in [1.165, 1.54) is 24.3 Å². The number of anilines is 1. The van der Waals surface area contributed by atoms with Gasteiger partial charge < -0.3 is 9.09 Å². The van der Waals surface area contributed by atoms with E-state index in [9.17, 15) is 17.2 Å². The second kappa shape index (κ2) is 9.11. The topological polar surface area (TPSA) is 103 Å². The van der Waals surface area contributed by atoms with E-state index in [1.807, 2.05) is 4.57 Å². The summed E-state index contributed by atoms with van der Waals surface area (Å²) in [5, 5.41) is 3.92. The Labute approximate surface area is 198 Å². The van der Waals surface area contributed by atoms with Gasteiger partial charge in [-0.1, -0.05) is 17.3 Å². The van der Waals surface area contributed by atoms with Crippen molar-refractivity contribution < 1.29 is 21.7 Å². The number of hydrogen-bond acceptors (Lipinski definition) is 6. The molecule has 35 heavy (non-hydrogen) atoms. The molecule has 0 aliphatic heterocycles. The van der Waals surface area contributed by atoms with Crippen molar-refractivity contribution in [3.63, 3.8) is 0 Å². The molecule has 0 saturated carbocycles. The summed E-state index contributed by atoms with van der Waals surface area (Å²) < 4.78 is 60.7. The van der Waals surface area contributed by atoms with Crippen LogP contribution in [0.1, 0.15) is 5.56 Å². The molecule has 0 fully saturated rings. The molecule has 0 radical (unpaired) electrons. The van der Waals surface area contributed by atoms with Crippen LogP contribution in [-0.2, 0) is 16.6 Å². The minimum absolute atomic E-state index is 0.0301. The number of halogens is 2. The Bertz CT molecular complexity index is 1560. The van der Waals surface area contributed by atoms with Gasteiger partial charge in [0.05, 0.1) is 11.2 Å². The molecule has 0 unspecified atom stereocenters. The van der Waals surface area contributed by atoms with Crippen LogP contribution in [0.25, 0.3) is 23.0 Å². The first kappa shape index (κ1) is 22.4. The fraction of sp³-hybridized carbons (Fsp3) is 0.0417. The monoisotopic (exact) mass is 493 g/mol. The lowest BCUT2D eigenvalue weighted by Gasteiger charge is -2.09. The van der Waals surface area contributed by atoms with Crippen molar-refractivity contribution in [2.45, 2.75) is 11.4 Å². The highest BCUT2D eigenvalue weighted by atomic mass is 32.2. The van der Waals surface area contributed by atoms with Crippen molar-refractivity contribution in [3.05, 3.63) is 103 Å². The van der Waals surface area contributed by atoms with Gasteiger partial charge in [-0.05, 0) is 66.2 Å². The molecule has 11 heteroatoms. The van der Waals surface area contributed by atoms with Gasteiger partial charge in [-0.3, -0.25) is 4.72 Å². The van der Waals surface area contributed by atoms with Crippen molar-refractivity contribution in [1.82, 2.24) is 19.7 Å². The smallest absolute Gasteiger partial charge is 0.278 e. The van der Waals surface area contributed by atoms with Crippen molar-refractivity contribution in [2.24, 2.45) is 0 Å². The van der Waals surface area contributed by atoms with Gasteiger partial charge in [-0.2, -0.15) is 4.98 Å². The summed E-state index contributed by atoms with van der Waals surface area (Å²) in [4.78, 5) is 8.58. The van der Waals surface area contributed by atoms with Gasteiger partial charge in [0.15, 0.2) is 0 Å². The average Bonchev–Trinajstić information content (AvgIpc) is 3.51. The Morgan fingerprint density at radius 1 is 0.886 bits per heavy atom. The van der Waals surface area contributed by atoms with Crippen LogP contribution in [0.3, 0.4) is 0 Å². The molecule has 0 atom stereocenters. The lowest BCUT2D eigenvalue weighted by molar-refractivity contribution is 0.431. The molecule has 176 valence electrons. The molecule has 2 aromatic heterocycles. The van der Waals surface area contributed by atoms with E-state index in [0.717, 1.165) is 17.7 Å². The predicted molar refractivity (Wildman–Crippen MR) is 124 cm³/mol. The Morgan fingerprint density at radius 2 is 1.54 bits per heavy atom. The Kier molecular flexibility index (Phi) is 5.83. The van der Waals surface area contributed by atoms with Crippen LogP contribution in [0, 0.1) is 11.6 Å². The zero-order valence-electron chi connectivity index (χ0n) is 18.0. The average molecular weight is 493 g/mol. The maximum absolute atomic E-state index is 13.1. The van der Waals surface area contributed by atoms with Crippen LogP contribution in [0.5, 0.6) is 0 Å². The Hall–Kier alpha value is -4.38. The van der Waals surface area contributed by atoms with Crippen LogP contribution in [0.4, 0.5) is 14.5 Å². The summed E-state index contributed by atoms with van der Waals surface area (Å²) in [6.07, 6.45) is 3.36. The molecule has 0 spiro atoms. The van der Waals surface area contributed by atoms with Crippen molar-refractivity contribution >= 4 is 15.7 Å². The predicted octanol–water partition coefficient (Wildman–Crippen LogP) is 4.73. The van der Waals surface area contributed by atoms with E-state index in [4.69, 9.17) is 4.52 Å². The van der Waals surface area contributed by atoms with Crippen molar-refractivity contribution in [2.75, 3.05) is 4.72 Å². The number of benzene rings is 3. The molecule has 2 heterocycles. The summed E-state index contributed by atoms with van der Waals surface area (Å²) in [6, 6.07) is 17.2. The molecule has 0 saturated heterocycles. The molecule has 0 bridgehead atoms. The van der Waals surface area contributed by atoms with Gasteiger partial charge in [0.2, 0.25) is 5.82 Å². The maximum Gasteiger partial charge on any atom is 0.278 e. The van der Waals surface area contributed by atoms with Gasteiger partial charge in [0.25, 0.3) is 15.9 Å². The quantitative estimate of drug-likeness (QED) is 0.352. The van der Waals surface area contributed by atoms with Gasteiger partial charge in [0, 0.05) is 24.0 Å². The molecule has 0 aliphatic rings. The first-order valence-corrected chi connectivity index (χ1v) is 11.8. The molecule has 1 N–H and O–H groups in total. The standard InChI is InChI=1S/C24H17F2N5O3S/c25-18-5-3-17(4-6-18)23-28-24(34-29-23)22-14-31(15-27-22)13-16-1-9-20(10-2-16)30-35(32,33)21-11-7-19(26)8-12-21/h1-12,14-15,30H,13H2. The normalized spacial score (nSPS) is 11.5. The summed E-state index contributed by atoms with van der Waals surface area (Å²) in [5.41, 5.74) is 2.38. The minimum Gasteiger partial charge on any atom is -0.332 e. The van der Waals surface area contributed by atoms with E-state index < -0.39 is 15.8 Å². The van der Waals surface area contributed by atoms with Gasteiger partial charge in [-0.25, -0.2) is 22.2 Å². The summed E-state index contributed by atoms with van der Waals surface area (Å²) in [5.74, 6) is -0.306. The van der Waals surface area contributed by atoms with Gasteiger partial charge in [-0.15, -0.1) is 0 Å². The summed E-state index contributed by atoms with van der Waals surface area (Å²) in [6.45, 7) is 0.469. The lowest BCUT2D eigenvalue weighted by Crippen LogP contribution is -2.13. The number of hydrogen-bond donors (Lipinski definition) is 1. The first-order valence-electron chi connectivity index (χ1n) is 10.3. The van der Waals surface area contributed by atoms with Gasteiger partial charge in [0.1, 0.15) is 17.3 Å². The molecule has 5 aromatic rings. The van der Waals surface area contributed by atoms with Crippen LogP contribution >= 0.6 is 0 Å². The highest BCUT2D eigenvalue weighted by Crippen LogP contribution is 2.22. The largest absolute Gasteiger partial charge is 0.332 e. The first-order chi connectivity index (χ1) is 16.9. The molecule has 5 rings (SSSR count). The third-order valence-electron chi connectivity index (χ3n) is 5.08. The highest BCUT2D eigenvalue weighted by molar-refractivity contribution is 7.92. The molecular formula is C24H17F2N5O3S. The van der Waals surface area contributed by atoms with E-state index in [0.29, 0.717) is 29.3 Å². The number of aromatic nitrogens is 4. The fourth-order valence-electron chi connectivity index (χ4n) is 3.32. The molecule has 0 amide bonds. The lowest BCUT2D eigenvalue weighted by atomic mass is 10.2. The Morgan fingerprint density at radius 3 is 2.23 bits per heavy atom. The molecular weight excluding hydrogens is 476 g/mol. The van der Waals surface area contributed by atoms with Gasteiger partial charge >= 0.3 is 0 Å².